The van der Waals surface area contributed by atoms with E-state index in [2.05, 4.69) is 5.32 Å². The molecule has 0 aliphatic heterocycles. The zero-order valence-corrected chi connectivity index (χ0v) is 15.3. The van der Waals surface area contributed by atoms with Crippen molar-refractivity contribution in [1.82, 2.24) is 0 Å². The molecule has 0 aliphatic carbocycles. The van der Waals surface area contributed by atoms with Crippen LogP contribution in [0.5, 0.6) is 5.75 Å². The molecule has 0 atom stereocenters. The van der Waals surface area contributed by atoms with E-state index >= 15 is 0 Å². The summed E-state index contributed by atoms with van der Waals surface area (Å²) in [4.78, 5) is 24.5. The molecule has 132 valence electrons. The summed E-state index contributed by atoms with van der Waals surface area (Å²) in [6.45, 7) is 5.18. The molecule has 0 amide bonds. The maximum absolute atomic E-state index is 12.5. The third-order valence-corrected chi connectivity index (χ3v) is 4.39. The largest absolute Gasteiger partial charge is 0.506 e. The Kier molecular flexibility index (Phi) is 5.69. The number of ether oxygens (including phenoxy) is 1. The molecule has 0 saturated heterocycles. The van der Waals surface area contributed by atoms with Gasteiger partial charge in [0.1, 0.15) is 11.3 Å². The molecule has 0 radical (unpaired) electrons. The molecule has 2 aromatic rings. The Labute approximate surface area is 151 Å². The third-order valence-electron chi connectivity index (χ3n) is 4.14. The van der Waals surface area contributed by atoms with Crippen molar-refractivity contribution in [3.05, 3.63) is 51.5 Å². The van der Waals surface area contributed by atoms with Gasteiger partial charge in [-0.1, -0.05) is 18.5 Å². The highest BCUT2D eigenvalue weighted by Gasteiger charge is 2.27. The fraction of sp³-hybridized carbons (Fsp3) is 0.263. The maximum atomic E-state index is 12.5. The first-order valence-corrected chi connectivity index (χ1v) is 8.19. The number of aromatic hydroxyl groups is 1. The number of phenols is 1. The van der Waals surface area contributed by atoms with Gasteiger partial charge >= 0.3 is 5.97 Å². The molecule has 0 spiro atoms. The van der Waals surface area contributed by atoms with Crippen LogP contribution in [0.2, 0.25) is 5.02 Å². The second-order valence-corrected chi connectivity index (χ2v) is 6.06. The van der Waals surface area contributed by atoms with E-state index in [1.165, 1.54) is 7.11 Å². The number of hydrogen-bond donors (Lipinski definition) is 2. The van der Waals surface area contributed by atoms with Crippen molar-refractivity contribution >= 4 is 34.7 Å². The van der Waals surface area contributed by atoms with Gasteiger partial charge in [0.05, 0.1) is 18.4 Å². The average molecular weight is 362 g/mol. The van der Waals surface area contributed by atoms with Crippen molar-refractivity contribution in [1.29, 1.82) is 0 Å². The van der Waals surface area contributed by atoms with Crippen molar-refractivity contribution in [2.75, 3.05) is 12.4 Å². The number of hydrogen-bond acceptors (Lipinski definition) is 5. The van der Waals surface area contributed by atoms with Crippen molar-refractivity contribution in [2.24, 2.45) is 0 Å². The standard InChI is InChI=1S/C19H20ClNO4/c1-5-14(22)16-17(21-13-8-6-12(20)7-9-13)11(3)10(2)15(18(16)23)19(24)25-4/h6-9,21,23H,5H2,1-4H3. The molecule has 6 heteroatoms. The SMILES string of the molecule is CCC(=O)c1c(O)c(C(=O)OC)c(C)c(C)c1Nc1ccc(Cl)cc1. The maximum Gasteiger partial charge on any atom is 0.341 e. The molecule has 5 nitrogen and oxygen atoms in total. The van der Waals surface area contributed by atoms with E-state index in [4.69, 9.17) is 16.3 Å². The van der Waals surface area contributed by atoms with Gasteiger partial charge in [0.25, 0.3) is 0 Å². The van der Waals surface area contributed by atoms with Crippen molar-refractivity contribution in [2.45, 2.75) is 27.2 Å². The Morgan fingerprint density at radius 2 is 1.72 bits per heavy atom. The topological polar surface area (TPSA) is 75.6 Å². The number of halogens is 1. The zero-order valence-electron chi connectivity index (χ0n) is 14.6. The summed E-state index contributed by atoms with van der Waals surface area (Å²) in [5.41, 5.74) is 2.51. The van der Waals surface area contributed by atoms with Crippen LogP contribution in [0.15, 0.2) is 24.3 Å². The fourth-order valence-electron chi connectivity index (χ4n) is 2.62. The van der Waals surface area contributed by atoms with Crippen LogP contribution in [0, 0.1) is 13.8 Å². The molecule has 2 aromatic carbocycles. The van der Waals surface area contributed by atoms with Gasteiger partial charge in [0.15, 0.2) is 5.78 Å². The minimum atomic E-state index is -0.679. The molecule has 0 bridgehead atoms. The Morgan fingerprint density at radius 1 is 1.12 bits per heavy atom. The van der Waals surface area contributed by atoms with Crippen LogP contribution in [0.25, 0.3) is 0 Å². The molecular formula is C19H20ClNO4. The summed E-state index contributed by atoms with van der Waals surface area (Å²) in [5.74, 6) is -1.32. The first kappa shape index (κ1) is 18.8. The number of anilines is 2. The van der Waals surface area contributed by atoms with E-state index in [1.807, 2.05) is 0 Å². The minimum Gasteiger partial charge on any atom is -0.506 e. The van der Waals surface area contributed by atoms with Crippen molar-refractivity contribution in [3.63, 3.8) is 0 Å². The van der Waals surface area contributed by atoms with Gasteiger partial charge in [-0.3, -0.25) is 4.79 Å². The Hall–Kier alpha value is -2.53. The lowest BCUT2D eigenvalue weighted by Crippen LogP contribution is -2.13. The lowest BCUT2D eigenvalue weighted by Gasteiger charge is -2.20. The van der Waals surface area contributed by atoms with Crippen molar-refractivity contribution < 1.29 is 19.4 Å². The van der Waals surface area contributed by atoms with Crippen LogP contribution in [0.1, 0.15) is 45.2 Å². The Balaban J connectivity index is 2.71. The number of carbonyl (C=O) groups excluding carboxylic acids is 2. The van der Waals surface area contributed by atoms with Crippen LogP contribution in [-0.4, -0.2) is 24.0 Å². The fourth-order valence-corrected chi connectivity index (χ4v) is 2.74. The predicted octanol–water partition coefficient (Wildman–Crippen LogP) is 4.79. The van der Waals surface area contributed by atoms with E-state index < -0.39 is 5.97 Å². The Bertz CT molecular complexity index is 829. The van der Waals surface area contributed by atoms with Gasteiger partial charge in [0, 0.05) is 17.1 Å². The molecule has 0 heterocycles. The lowest BCUT2D eigenvalue weighted by atomic mass is 9.92. The molecule has 25 heavy (non-hydrogen) atoms. The van der Waals surface area contributed by atoms with E-state index in [-0.39, 0.29) is 29.1 Å². The number of nitrogens with one attached hydrogen (secondary N) is 1. The first-order valence-electron chi connectivity index (χ1n) is 7.82. The van der Waals surface area contributed by atoms with Crippen LogP contribution in [0.3, 0.4) is 0 Å². The number of ketones is 1. The molecule has 2 rings (SSSR count). The minimum absolute atomic E-state index is 0.0125. The smallest absolute Gasteiger partial charge is 0.341 e. The van der Waals surface area contributed by atoms with E-state index in [0.29, 0.717) is 27.5 Å². The van der Waals surface area contributed by atoms with Gasteiger partial charge in [-0.15, -0.1) is 0 Å². The highest BCUT2D eigenvalue weighted by molar-refractivity contribution is 6.30. The van der Waals surface area contributed by atoms with Crippen LogP contribution in [0.4, 0.5) is 11.4 Å². The van der Waals surface area contributed by atoms with E-state index in [9.17, 15) is 14.7 Å². The number of rotatable bonds is 5. The molecule has 2 N–H and O–H groups in total. The van der Waals surface area contributed by atoms with Gasteiger partial charge in [-0.25, -0.2) is 4.79 Å². The average Bonchev–Trinajstić information content (AvgIpc) is 2.60. The number of esters is 1. The summed E-state index contributed by atoms with van der Waals surface area (Å²) in [7, 11) is 1.23. The molecule has 0 aliphatic rings. The van der Waals surface area contributed by atoms with Crippen LogP contribution < -0.4 is 5.32 Å². The van der Waals surface area contributed by atoms with Gasteiger partial charge < -0.3 is 15.2 Å². The first-order chi connectivity index (χ1) is 11.8. The molecule has 0 aromatic heterocycles. The van der Waals surface area contributed by atoms with Crippen molar-refractivity contribution in [3.8, 4) is 5.75 Å². The highest BCUT2D eigenvalue weighted by atomic mass is 35.5. The van der Waals surface area contributed by atoms with Gasteiger partial charge in [-0.2, -0.15) is 0 Å². The second-order valence-electron chi connectivity index (χ2n) is 5.62. The summed E-state index contributed by atoms with van der Waals surface area (Å²) in [6, 6.07) is 6.97. The van der Waals surface area contributed by atoms with Gasteiger partial charge in [0.2, 0.25) is 0 Å². The van der Waals surface area contributed by atoms with Gasteiger partial charge in [-0.05, 0) is 49.2 Å². The predicted molar refractivity (Wildman–Crippen MR) is 98.3 cm³/mol. The number of benzene rings is 2. The van der Waals surface area contributed by atoms with E-state index in [0.717, 1.165) is 0 Å². The summed E-state index contributed by atoms with van der Waals surface area (Å²) >= 11 is 5.90. The Morgan fingerprint density at radius 3 is 2.24 bits per heavy atom. The summed E-state index contributed by atoms with van der Waals surface area (Å²) < 4.78 is 4.75. The molecule has 0 unspecified atom stereocenters. The van der Waals surface area contributed by atoms with E-state index in [1.54, 1.807) is 45.0 Å². The number of Topliss-reactive ketones (excluding diaryl/α,β-unsaturated/α-hetero) is 1. The molecule has 0 fully saturated rings. The zero-order chi connectivity index (χ0) is 18.7. The normalized spacial score (nSPS) is 10.4. The summed E-state index contributed by atoms with van der Waals surface area (Å²) in [5, 5.41) is 14.4. The summed E-state index contributed by atoms with van der Waals surface area (Å²) in [6.07, 6.45) is 0.186. The lowest BCUT2D eigenvalue weighted by molar-refractivity contribution is 0.0596. The molecule has 0 saturated carbocycles. The number of phenolic OH excluding ortho intramolecular Hbond substituents is 1. The second kappa shape index (κ2) is 7.57. The van der Waals surface area contributed by atoms with Crippen LogP contribution in [-0.2, 0) is 4.74 Å². The molecular weight excluding hydrogens is 342 g/mol. The number of methoxy groups -OCH3 is 1. The van der Waals surface area contributed by atoms with Crippen LogP contribution >= 0.6 is 11.6 Å². The quantitative estimate of drug-likeness (QED) is 0.591. The monoisotopic (exact) mass is 361 g/mol. The third kappa shape index (κ3) is 3.61. The highest BCUT2D eigenvalue weighted by Crippen LogP contribution is 2.39. The number of carbonyl (C=O) groups is 2.